The maximum atomic E-state index is 11.8. The molecule has 1 atom stereocenters. The van der Waals surface area contributed by atoms with Crippen LogP contribution in [0.15, 0.2) is 36.7 Å². The molecule has 78 valence electrons. The van der Waals surface area contributed by atoms with Crippen molar-refractivity contribution in [1.29, 1.82) is 0 Å². The summed E-state index contributed by atoms with van der Waals surface area (Å²) in [4.78, 5) is 20.0. The number of carbonyl (C=O) groups is 1. The lowest BCUT2D eigenvalue weighted by Gasteiger charge is -2.20. The molecule has 0 amide bonds. The largest absolute Gasteiger partial charge is 0.380 e. The van der Waals surface area contributed by atoms with Gasteiger partial charge in [0.2, 0.25) is 5.78 Å². The predicted octanol–water partition coefficient (Wildman–Crippen LogP) is 1.37. The van der Waals surface area contributed by atoms with Gasteiger partial charge in [-0.05, 0) is 18.2 Å². The van der Waals surface area contributed by atoms with E-state index in [0.29, 0.717) is 22.5 Å². The molecule has 0 saturated carbocycles. The first kappa shape index (κ1) is 9.18. The van der Waals surface area contributed by atoms with Crippen LogP contribution in [0.1, 0.15) is 22.2 Å². The molecule has 0 aliphatic heterocycles. The van der Waals surface area contributed by atoms with E-state index < -0.39 is 6.10 Å². The van der Waals surface area contributed by atoms with E-state index in [-0.39, 0.29) is 5.78 Å². The number of aliphatic hydroxyl groups is 1. The van der Waals surface area contributed by atoms with Crippen LogP contribution < -0.4 is 0 Å². The molecule has 0 fully saturated rings. The average Bonchev–Trinajstić information content (AvgIpc) is 2.36. The lowest BCUT2D eigenvalue weighted by Crippen LogP contribution is -2.20. The third-order valence-electron chi connectivity index (χ3n) is 2.68. The van der Waals surface area contributed by atoms with Crippen LogP contribution in [0.4, 0.5) is 0 Å². The van der Waals surface area contributed by atoms with Crippen molar-refractivity contribution in [3.8, 4) is 11.3 Å². The molecule has 0 spiro atoms. The number of carbonyl (C=O) groups excluding carboxylic acids is 1. The molecule has 16 heavy (non-hydrogen) atoms. The zero-order valence-electron chi connectivity index (χ0n) is 8.29. The summed E-state index contributed by atoms with van der Waals surface area (Å²) in [6, 6.07) is 6.96. The zero-order valence-corrected chi connectivity index (χ0v) is 8.29. The maximum absolute atomic E-state index is 11.8. The summed E-state index contributed by atoms with van der Waals surface area (Å²) in [5.41, 5.74) is 2.17. The molecular weight excluding hydrogens is 204 g/mol. The smallest absolute Gasteiger partial charge is 0.214 e. The number of pyridine rings is 2. The van der Waals surface area contributed by atoms with Crippen molar-refractivity contribution in [3.05, 3.63) is 47.9 Å². The van der Waals surface area contributed by atoms with Gasteiger partial charge in [0.1, 0.15) is 11.8 Å². The van der Waals surface area contributed by atoms with Crippen LogP contribution >= 0.6 is 0 Å². The Morgan fingerprint density at radius 1 is 1.06 bits per heavy atom. The minimum atomic E-state index is -1.15. The van der Waals surface area contributed by atoms with Gasteiger partial charge in [0, 0.05) is 23.5 Å². The fraction of sp³-hybridized carbons (Fsp3) is 0.0833. The van der Waals surface area contributed by atoms with Crippen molar-refractivity contribution in [2.45, 2.75) is 6.10 Å². The van der Waals surface area contributed by atoms with Crippen LogP contribution in [0.5, 0.6) is 0 Å². The molecule has 1 unspecified atom stereocenters. The van der Waals surface area contributed by atoms with Gasteiger partial charge in [0.25, 0.3) is 0 Å². The minimum absolute atomic E-state index is 0.293. The first-order chi connectivity index (χ1) is 7.79. The summed E-state index contributed by atoms with van der Waals surface area (Å²) in [5, 5.41) is 9.85. The standard InChI is InChI=1S/C12H8N2O2/c15-11-8-4-2-5-13-9(8)7-3-1-6-14-10(7)12(11)16/h1-6,11,15H. The average molecular weight is 212 g/mol. The summed E-state index contributed by atoms with van der Waals surface area (Å²) in [6.45, 7) is 0. The van der Waals surface area contributed by atoms with E-state index in [4.69, 9.17) is 0 Å². The van der Waals surface area contributed by atoms with Crippen molar-refractivity contribution < 1.29 is 9.90 Å². The molecule has 2 aromatic rings. The summed E-state index contributed by atoms with van der Waals surface area (Å²) < 4.78 is 0. The third-order valence-corrected chi connectivity index (χ3v) is 2.68. The van der Waals surface area contributed by atoms with Crippen molar-refractivity contribution in [2.75, 3.05) is 0 Å². The van der Waals surface area contributed by atoms with E-state index in [9.17, 15) is 9.90 Å². The third kappa shape index (κ3) is 1.10. The Kier molecular flexibility index (Phi) is 1.84. The van der Waals surface area contributed by atoms with Crippen molar-refractivity contribution in [3.63, 3.8) is 0 Å². The van der Waals surface area contributed by atoms with E-state index in [1.165, 1.54) is 6.20 Å². The highest BCUT2D eigenvalue weighted by atomic mass is 16.3. The minimum Gasteiger partial charge on any atom is -0.380 e. The Bertz CT molecular complexity index is 581. The lowest BCUT2D eigenvalue weighted by atomic mass is 9.89. The van der Waals surface area contributed by atoms with Crippen molar-refractivity contribution in [1.82, 2.24) is 9.97 Å². The molecule has 4 heteroatoms. The number of nitrogens with zero attached hydrogens (tertiary/aromatic N) is 2. The topological polar surface area (TPSA) is 63.1 Å². The maximum Gasteiger partial charge on any atom is 0.214 e. The predicted molar refractivity (Wildman–Crippen MR) is 56.8 cm³/mol. The van der Waals surface area contributed by atoms with Gasteiger partial charge in [-0.3, -0.25) is 14.8 Å². The summed E-state index contributed by atoms with van der Waals surface area (Å²) in [6.07, 6.45) is 2.03. The highest BCUT2D eigenvalue weighted by molar-refractivity contribution is 6.07. The number of hydrogen-bond donors (Lipinski definition) is 1. The molecule has 0 saturated heterocycles. The lowest BCUT2D eigenvalue weighted by molar-refractivity contribution is 0.0737. The number of aliphatic hydroxyl groups excluding tert-OH is 1. The number of fused-ring (bicyclic) bond motifs is 3. The Morgan fingerprint density at radius 3 is 2.56 bits per heavy atom. The Labute approximate surface area is 91.6 Å². The van der Waals surface area contributed by atoms with E-state index >= 15 is 0 Å². The normalized spacial score (nSPS) is 17.8. The molecule has 1 aliphatic rings. The highest BCUT2D eigenvalue weighted by Gasteiger charge is 2.32. The summed E-state index contributed by atoms with van der Waals surface area (Å²) >= 11 is 0. The molecule has 0 bridgehead atoms. The fourth-order valence-electron chi connectivity index (χ4n) is 1.93. The van der Waals surface area contributed by atoms with Gasteiger partial charge in [0.15, 0.2) is 0 Å². The summed E-state index contributed by atoms with van der Waals surface area (Å²) in [7, 11) is 0. The van der Waals surface area contributed by atoms with Crippen LogP contribution in [0.25, 0.3) is 11.3 Å². The quantitative estimate of drug-likeness (QED) is 0.716. The van der Waals surface area contributed by atoms with Crippen LogP contribution in [0, 0.1) is 0 Å². The molecule has 1 aliphatic carbocycles. The van der Waals surface area contributed by atoms with E-state index in [1.54, 1.807) is 30.5 Å². The van der Waals surface area contributed by atoms with Crippen LogP contribution in [-0.4, -0.2) is 20.9 Å². The van der Waals surface area contributed by atoms with Gasteiger partial charge >= 0.3 is 0 Å². The van der Waals surface area contributed by atoms with Gasteiger partial charge in [-0.1, -0.05) is 6.07 Å². The van der Waals surface area contributed by atoms with Gasteiger partial charge in [-0.15, -0.1) is 0 Å². The highest BCUT2D eigenvalue weighted by Crippen LogP contribution is 2.35. The SMILES string of the molecule is O=C1c2ncccc2-c2ncccc2C1O. The van der Waals surface area contributed by atoms with E-state index in [1.807, 2.05) is 0 Å². The molecule has 0 radical (unpaired) electrons. The van der Waals surface area contributed by atoms with E-state index in [2.05, 4.69) is 9.97 Å². The second-order valence-electron chi connectivity index (χ2n) is 3.61. The molecule has 2 heterocycles. The van der Waals surface area contributed by atoms with Gasteiger partial charge < -0.3 is 5.11 Å². The molecule has 3 rings (SSSR count). The first-order valence-corrected chi connectivity index (χ1v) is 4.91. The molecule has 0 aromatic carbocycles. The molecule has 2 aromatic heterocycles. The van der Waals surface area contributed by atoms with Gasteiger partial charge in [0.05, 0.1) is 5.69 Å². The number of aromatic nitrogens is 2. The second-order valence-corrected chi connectivity index (χ2v) is 3.61. The van der Waals surface area contributed by atoms with Crippen LogP contribution in [0.3, 0.4) is 0 Å². The monoisotopic (exact) mass is 212 g/mol. The van der Waals surface area contributed by atoms with Gasteiger partial charge in [-0.2, -0.15) is 0 Å². The van der Waals surface area contributed by atoms with Crippen LogP contribution in [0.2, 0.25) is 0 Å². The Hall–Kier alpha value is -2.07. The van der Waals surface area contributed by atoms with E-state index in [0.717, 1.165) is 0 Å². The number of Topliss-reactive ketones (excluding diaryl/α,β-unsaturated/α-hetero) is 1. The Balaban J connectivity index is 2.37. The number of rotatable bonds is 0. The molecule has 4 nitrogen and oxygen atoms in total. The second kappa shape index (κ2) is 3.21. The van der Waals surface area contributed by atoms with Crippen molar-refractivity contribution >= 4 is 5.78 Å². The zero-order chi connectivity index (χ0) is 11.1. The number of hydrogen-bond acceptors (Lipinski definition) is 4. The Morgan fingerprint density at radius 2 is 1.75 bits per heavy atom. The number of ketones is 1. The summed E-state index contributed by atoms with van der Waals surface area (Å²) in [5.74, 6) is -0.365. The van der Waals surface area contributed by atoms with Crippen LogP contribution in [-0.2, 0) is 0 Å². The molecular formula is C12H8N2O2. The molecule has 1 N–H and O–H groups in total. The first-order valence-electron chi connectivity index (χ1n) is 4.91. The van der Waals surface area contributed by atoms with Gasteiger partial charge in [-0.25, -0.2) is 0 Å². The van der Waals surface area contributed by atoms with Crippen molar-refractivity contribution in [2.24, 2.45) is 0 Å². The fourth-order valence-corrected chi connectivity index (χ4v) is 1.93.